The molecule has 7 nitrogen and oxygen atoms in total. The van der Waals surface area contributed by atoms with E-state index in [-0.39, 0.29) is 0 Å². The van der Waals surface area contributed by atoms with Gasteiger partial charge >= 0.3 is 42.1 Å². The van der Waals surface area contributed by atoms with Crippen molar-refractivity contribution in [3.63, 3.8) is 0 Å². The van der Waals surface area contributed by atoms with Gasteiger partial charge in [0, 0.05) is 23.5 Å². The van der Waals surface area contributed by atoms with Crippen molar-refractivity contribution in [1.82, 2.24) is 0 Å². The summed E-state index contributed by atoms with van der Waals surface area (Å²) in [6.45, 7) is 0. The lowest BCUT2D eigenvalue weighted by Crippen LogP contribution is -2.61. The molecular formula is C16H11F11N2O5. The fourth-order valence-electron chi connectivity index (χ4n) is 1.92. The average Bonchev–Trinajstić information content (AvgIpc) is 2.71. The summed E-state index contributed by atoms with van der Waals surface area (Å²) >= 11 is 0. The number of alkyl halides is 9. The molecule has 0 atom stereocenters. The molecule has 18 heteroatoms. The van der Waals surface area contributed by atoms with E-state index in [1.807, 2.05) is 10.6 Å². The topological polar surface area (TPSA) is 85.9 Å². The molecule has 1 rings (SSSR count). The molecule has 0 saturated heterocycles. The highest BCUT2D eigenvalue weighted by Crippen LogP contribution is 2.55. The van der Waals surface area contributed by atoms with Gasteiger partial charge in [-0.25, -0.2) is 9.59 Å². The Morgan fingerprint density at radius 1 is 0.735 bits per heavy atom. The molecule has 0 bridgehead atoms. The fraction of sp³-hybridized carbons (Fsp3) is 0.375. The van der Waals surface area contributed by atoms with Crippen LogP contribution in [0.25, 0.3) is 0 Å². The molecule has 192 valence electrons. The molecule has 0 aliphatic rings. The van der Waals surface area contributed by atoms with E-state index in [4.69, 9.17) is 0 Å². The quantitative estimate of drug-likeness (QED) is 0.341. The first-order valence-electron chi connectivity index (χ1n) is 8.10. The summed E-state index contributed by atoms with van der Waals surface area (Å²) < 4.78 is 155. The molecule has 34 heavy (non-hydrogen) atoms. The molecule has 0 heterocycles. The number of ether oxygens (including phenoxy) is 3. The van der Waals surface area contributed by atoms with E-state index in [9.17, 15) is 57.9 Å². The molecule has 0 radical (unpaired) electrons. The maximum atomic E-state index is 13.8. The number of benzene rings is 1. The molecule has 0 saturated carbocycles. The summed E-state index contributed by atoms with van der Waals surface area (Å²) in [5.74, 6) is -27.3. The van der Waals surface area contributed by atoms with Crippen LogP contribution in [0.5, 0.6) is 5.75 Å². The van der Waals surface area contributed by atoms with Crippen LogP contribution in [0.15, 0.2) is 30.0 Å². The van der Waals surface area contributed by atoms with Gasteiger partial charge in [-0.3, -0.25) is 10.6 Å². The molecule has 0 unspecified atom stereocenters. The highest BCUT2D eigenvalue weighted by atomic mass is 19.4. The second-order valence-electron chi connectivity index (χ2n) is 5.89. The Labute approximate surface area is 181 Å². The normalized spacial score (nSPS) is 13.6. The molecule has 1 aromatic rings. The van der Waals surface area contributed by atoms with Gasteiger partial charge in [-0.2, -0.15) is 48.3 Å². The number of allylic oxidation sites excluding steroid dienone is 1. The van der Waals surface area contributed by atoms with Crippen LogP contribution in [-0.2, 0) is 9.47 Å². The first-order chi connectivity index (χ1) is 15.3. The summed E-state index contributed by atoms with van der Waals surface area (Å²) in [4.78, 5) is 22.5. The molecule has 1 aromatic carbocycles. The van der Waals surface area contributed by atoms with Crippen molar-refractivity contribution in [1.29, 1.82) is 0 Å². The van der Waals surface area contributed by atoms with E-state index >= 15 is 0 Å². The highest BCUT2D eigenvalue weighted by Gasteiger charge is 2.83. The third-order valence-electron chi connectivity index (χ3n) is 3.57. The molecule has 0 spiro atoms. The lowest BCUT2D eigenvalue weighted by Gasteiger charge is -2.32. The number of anilines is 2. The third-order valence-corrected chi connectivity index (χ3v) is 3.57. The van der Waals surface area contributed by atoms with Gasteiger partial charge < -0.3 is 14.2 Å². The second-order valence-corrected chi connectivity index (χ2v) is 5.89. The monoisotopic (exact) mass is 520 g/mol. The van der Waals surface area contributed by atoms with E-state index < -0.39 is 65.1 Å². The first-order valence-corrected chi connectivity index (χ1v) is 8.10. The van der Waals surface area contributed by atoms with Crippen molar-refractivity contribution >= 4 is 23.6 Å². The van der Waals surface area contributed by atoms with Gasteiger partial charge in [0.25, 0.3) is 0 Å². The van der Waals surface area contributed by atoms with Crippen LogP contribution in [0.4, 0.5) is 69.3 Å². The summed E-state index contributed by atoms with van der Waals surface area (Å²) in [5, 5.41) is 3.80. The van der Waals surface area contributed by atoms with Crippen LogP contribution in [0.3, 0.4) is 0 Å². The number of rotatable bonds is 7. The van der Waals surface area contributed by atoms with Crippen LogP contribution in [0.1, 0.15) is 0 Å². The Kier molecular flexibility index (Phi) is 8.23. The van der Waals surface area contributed by atoms with Gasteiger partial charge in [-0.15, -0.1) is 0 Å². The highest BCUT2D eigenvalue weighted by molar-refractivity contribution is 5.89. The fourth-order valence-corrected chi connectivity index (χ4v) is 1.92. The van der Waals surface area contributed by atoms with Crippen molar-refractivity contribution in [2.45, 2.75) is 23.9 Å². The minimum Gasteiger partial charge on any atom is -0.453 e. The predicted molar refractivity (Wildman–Crippen MR) is 89.3 cm³/mol. The standard InChI is InChI=1S/C16H11F11N2O5/c1-32-11(30)28-6-3-7(29-12(31)33-2)5-8(4-6)34-10(18)9(17)13(19,20)14(21,22)15(23,24)16(25,26)27/h3-5H,1-2H3,(H,28,30)(H,29,31). The minimum absolute atomic E-state index is 0.482. The van der Waals surface area contributed by atoms with E-state index in [1.165, 1.54) is 0 Å². The van der Waals surface area contributed by atoms with Crippen LogP contribution >= 0.6 is 0 Å². The van der Waals surface area contributed by atoms with Gasteiger partial charge in [0.05, 0.1) is 14.2 Å². The number of carbonyl (C=O) groups excluding carboxylic acids is 2. The van der Waals surface area contributed by atoms with Crippen LogP contribution < -0.4 is 15.4 Å². The SMILES string of the molecule is COC(=O)Nc1cc(NC(=O)OC)cc(OC(F)=C(F)C(F)(F)C(F)(F)C(F)(F)C(F)(F)F)c1. The molecule has 0 fully saturated rings. The van der Waals surface area contributed by atoms with Crippen LogP contribution in [0.2, 0.25) is 0 Å². The maximum absolute atomic E-state index is 13.8. The second kappa shape index (κ2) is 9.80. The lowest BCUT2D eigenvalue weighted by molar-refractivity contribution is -0.392. The zero-order chi connectivity index (χ0) is 26.7. The number of hydrogen-bond donors (Lipinski definition) is 2. The minimum atomic E-state index is -7.49. The van der Waals surface area contributed by atoms with Crippen LogP contribution in [0, 0.1) is 0 Å². The third kappa shape index (κ3) is 5.71. The average molecular weight is 520 g/mol. The number of hydrogen-bond acceptors (Lipinski definition) is 5. The summed E-state index contributed by atoms with van der Waals surface area (Å²) in [7, 11) is 1.75. The predicted octanol–water partition coefficient (Wildman–Crippen LogP) is 6.00. The summed E-state index contributed by atoms with van der Waals surface area (Å²) in [5.41, 5.74) is -0.964. The lowest BCUT2D eigenvalue weighted by atomic mass is 10.0. The van der Waals surface area contributed by atoms with Crippen molar-refractivity contribution in [2.75, 3.05) is 24.9 Å². The van der Waals surface area contributed by atoms with Gasteiger partial charge in [0.15, 0.2) is 0 Å². The Bertz CT molecular complexity index is 927. The van der Waals surface area contributed by atoms with Gasteiger partial charge in [0.1, 0.15) is 5.75 Å². The van der Waals surface area contributed by atoms with Crippen molar-refractivity contribution in [3.05, 3.63) is 30.0 Å². The van der Waals surface area contributed by atoms with E-state index in [1.54, 1.807) is 0 Å². The summed E-state index contributed by atoms with van der Waals surface area (Å²) in [6, 6.07) is -1.45. The Balaban J connectivity index is 3.45. The van der Waals surface area contributed by atoms with Crippen molar-refractivity contribution in [3.8, 4) is 5.75 Å². The maximum Gasteiger partial charge on any atom is 0.460 e. The van der Waals surface area contributed by atoms with Gasteiger partial charge in [-0.1, -0.05) is 0 Å². The summed E-state index contributed by atoms with van der Waals surface area (Å²) in [6.07, 6.45) is -9.67. The van der Waals surface area contributed by atoms with E-state index in [0.29, 0.717) is 12.1 Å². The van der Waals surface area contributed by atoms with Crippen LogP contribution in [-0.4, -0.2) is 50.3 Å². The van der Waals surface area contributed by atoms with E-state index in [2.05, 4.69) is 14.2 Å². The molecule has 0 aliphatic heterocycles. The zero-order valence-electron chi connectivity index (χ0n) is 16.4. The molecule has 2 amide bonds. The Morgan fingerprint density at radius 3 is 1.50 bits per heavy atom. The number of halogens is 11. The number of methoxy groups -OCH3 is 2. The number of nitrogens with one attached hydrogen (secondary N) is 2. The van der Waals surface area contributed by atoms with Crippen molar-refractivity contribution in [2.24, 2.45) is 0 Å². The van der Waals surface area contributed by atoms with Gasteiger partial charge in [-0.05, 0) is 6.07 Å². The Morgan fingerprint density at radius 2 is 1.15 bits per heavy atom. The molecule has 0 aromatic heterocycles. The molecule has 0 aliphatic carbocycles. The molecular weight excluding hydrogens is 509 g/mol. The smallest absolute Gasteiger partial charge is 0.453 e. The van der Waals surface area contributed by atoms with Gasteiger partial charge in [0.2, 0.25) is 5.83 Å². The number of carbonyl (C=O) groups is 2. The Hall–Kier alpha value is -3.47. The van der Waals surface area contributed by atoms with E-state index in [0.717, 1.165) is 20.3 Å². The molecule has 2 N–H and O–H groups in total. The number of amides is 2. The largest absolute Gasteiger partial charge is 0.460 e. The zero-order valence-corrected chi connectivity index (χ0v) is 16.4. The first kappa shape index (κ1) is 28.6. The van der Waals surface area contributed by atoms with Crippen molar-refractivity contribution < 1.29 is 72.1 Å².